The van der Waals surface area contributed by atoms with Crippen LogP contribution in [0.25, 0.3) is 22.6 Å². The van der Waals surface area contributed by atoms with Gasteiger partial charge in [-0.15, -0.1) is 5.10 Å². The molecule has 0 fully saturated rings. The van der Waals surface area contributed by atoms with Gasteiger partial charge in [-0.3, -0.25) is 4.79 Å². The SMILES string of the molecule is Cc1nnnn1-c1cc(NC(=O)c2cccc(-n3nccc3-c3ccccc3)c2)ccc1F. The van der Waals surface area contributed by atoms with E-state index >= 15 is 0 Å². The summed E-state index contributed by atoms with van der Waals surface area (Å²) in [5.41, 5.74) is 3.67. The minimum Gasteiger partial charge on any atom is -0.322 e. The molecule has 1 N–H and O–H groups in total. The number of carbonyl (C=O) groups excluding carboxylic acids is 1. The van der Waals surface area contributed by atoms with E-state index in [1.807, 2.05) is 42.5 Å². The number of nitrogens with zero attached hydrogens (tertiary/aromatic N) is 6. The van der Waals surface area contributed by atoms with Crippen LogP contribution in [0.2, 0.25) is 0 Å². The van der Waals surface area contributed by atoms with E-state index < -0.39 is 5.82 Å². The number of hydrogen-bond donors (Lipinski definition) is 1. The maximum absolute atomic E-state index is 14.3. The summed E-state index contributed by atoms with van der Waals surface area (Å²) in [5.74, 6) is -0.410. The van der Waals surface area contributed by atoms with Gasteiger partial charge in [0.2, 0.25) is 0 Å². The highest BCUT2D eigenvalue weighted by atomic mass is 19.1. The van der Waals surface area contributed by atoms with Crippen molar-refractivity contribution in [2.24, 2.45) is 0 Å². The van der Waals surface area contributed by atoms with E-state index in [4.69, 9.17) is 0 Å². The summed E-state index contributed by atoms with van der Waals surface area (Å²) in [6.45, 7) is 1.66. The molecule has 0 radical (unpaired) electrons. The van der Waals surface area contributed by atoms with E-state index in [0.717, 1.165) is 16.9 Å². The number of halogens is 1. The Morgan fingerprint density at radius 2 is 1.79 bits per heavy atom. The summed E-state index contributed by atoms with van der Waals surface area (Å²) < 4.78 is 17.4. The Labute approximate surface area is 188 Å². The van der Waals surface area contributed by atoms with Gasteiger partial charge in [-0.1, -0.05) is 36.4 Å². The maximum Gasteiger partial charge on any atom is 0.255 e. The molecule has 1 amide bonds. The van der Waals surface area contributed by atoms with Crippen LogP contribution >= 0.6 is 0 Å². The van der Waals surface area contributed by atoms with E-state index in [2.05, 4.69) is 25.9 Å². The van der Waals surface area contributed by atoms with E-state index in [-0.39, 0.29) is 11.6 Å². The zero-order valence-corrected chi connectivity index (χ0v) is 17.6. The second-order valence-corrected chi connectivity index (χ2v) is 7.30. The lowest BCUT2D eigenvalue weighted by Crippen LogP contribution is -2.13. The van der Waals surface area contributed by atoms with Crippen molar-refractivity contribution in [3.8, 4) is 22.6 Å². The standard InChI is InChI=1S/C24H18FN7O/c1-16-28-29-30-31(16)23-15-19(10-11-21(23)25)27-24(33)18-8-5-9-20(14-18)32-22(12-13-26-32)17-6-3-2-4-7-17/h2-15H,1H3,(H,27,33). The molecular weight excluding hydrogens is 421 g/mol. The molecule has 3 aromatic carbocycles. The number of amides is 1. The van der Waals surface area contributed by atoms with Crippen molar-refractivity contribution >= 4 is 11.6 Å². The van der Waals surface area contributed by atoms with Crippen molar-refractivity contribution in [2.75, 3.05) is 5.32 Å². The van der Waals surface area contributed by atoms with Crippen LogP contribution in [0, 0.1) is 12.7 Å². The van der Waals surface area contributed by atoms with Gasteiger partial charge in [0.05, 0.1) is 17.6 Å². The summed E-state index contributed by atoms with van der Waals surface area (Å²) in [7, 11) is 0. The number of aryl methyl sites for hydroxylation is 1. The fraction of sp³-hybridized carbons (Fsp3) is 0.0417. The Kier molecular flexibility index (Phi) is 5.19. The van der Waals surface area contributed by atoms with Gasteiger partial charge in [-0.25, -0.2) is 9.07 Å². The molecule has 8 nitrogen and oxygen atoms in total. The Morgan fingerprint density at radius 3 is 2.58 bits per heavy atom. The van der Waals surface area contributed by atoms with Gasteiger partial charge in [-0.2, -0.15) is 9.78 Å². The summed E-state index contributed by atoms with van der Waals surface area (Å²) in [6, 6.07) is 23.2. The first-order chi connectivity index (χ1) is 16.1. The fourth-order valence-corrected chi connectivity index (χ4v) is 3.53. The van der Waals surface area contributed by atoms with Crippen LogP contribution < -0.4 is 5.32 Å². The summed E-state index contributed by atoms with van der Waals surface area (Å²) in [5, 5.41) is 18.3. The molecule has 9 heteroatoms. The number of anilines is 1. The molecule has 2 heterocycles. The Morgan fingerprint density at radius 1 is 0.939 bits per heavy atom. The van der Waals surface area contributed by atoms with Crippen molar-refractivity contribution < 1.29 is 9.18 Å². The normalized spacial score (nSPS) is 10.8. The van der Waals surface area contributed by atoms with Crippen molar-refractivity contribution in [3.05, 3.63) is 102 Å². The van der Waals surface area contributed by atoms with Gasteiger partial charge in [0.15, 0.2) is 5.82 Å². The van der Waals surface area contributed by atoms with Crippen LogP contribution in [0.5, 0.6) is 0 Å². The summed E-state index contributed by atoms with van der Waals surface area (Å²) >= 11 is 0. The van der Waals surface area contributed by atoms with Crippen LogP contribution in [0.1, 0.15) is 16.2 Å². The zero-order chi connectivity index (χ0) is 22.8. The molecule has 0 bridgehead atoms. The second-order valence-electron chi connectivity index (χ2n) is 7.30. The predicted molar refractivity (Wildman–Crippen MR) is 121 cm³/mol. The smallest absolute Gasteiger partial charge is 0.255 e. The van der Waals surface area contributed by atoms with Crippen LogP contribution in [0.15, 0.2) is 85.1 Å². The summed E-state index contributed by atoms with van der Waals surface area (Å²) in [6.07, 6.45) is 1.72. The third-order valence-electron chi connectivity index (χ3n) is 5.12. The minimum absolute atomic E-state index is 0.146. The quantitative estimate of drug-likeness (QED) is 0.443. The number of benzene rings is 3. The molecular formula is C24H18FN7O. The van der Waals surface area contributed by atoms with E-state index in [1.54, 1.807) is 36.0 Å². The monoisotopic (exact) mass is 439 g/mol. The molecule has 0 aliphatic heterocycles. The van der Waals surface area contributed by atoms with Gasteiger partial charge in [-0.05, 0) is 59.8 Å². The average Bonchev–Trinajstić information content (AvgIpc) is 3.50. The van der Waals surface area contributed by atoms with Crippen molar-refractivity contribution in [1.29, 1.82) is 0 Å². The Bertz CT molecular complexity index is 1440. The van der Waals surface area contributed by atoms with Crippen LogP contribution in [-0.2, 0) is 0 Å². The highest BCUT2D eigenvalue weighted by molar-refractivity contribution is 6.04. The van der Waals surface area contributed by atoms with E-state index in [0.29, 0.717) is 17.1 Å². The molecule has 5 aromatic rings. The molecule has 0 saturated carbocycles. The number of carbonyl (C=O) groups is 1. The van der Waals surface area contributed by atoms with Gasteiger partial charge in [0.25, 0.3) is 5.91 Å². The van der Waals surface area contributed by atoms with Crippen LogP contribution in [0.3, 0.4) is 0 Å². The highest BCUT2D eigenvalue weighted by Gasteiger charge is 2.14. The number of aromatic nitrogens is 6. The number of hydrogen-bond acceptors (Lipinski definition) is 5. The van der Waals surface area contributed by atoms with E-state index in [1.165, 1.54) is 22.9 Å². The van der Waals surface area contributed by atoms with Crippen LogP contribution in [0.4, 0.5) is 10.1 Å². The average molecular weight is 439 g/mol. The van der Waals surface area contributed by atoms with Gasteiger partial charge >= 0.3 is 0 Å². The van der Waals surface area contributed by atoms with E-state index in [9.17, 15) is 9.18 Å². The molecule has 0 aliphatic carbocycles. The zero-order valence-electron chi connectivity index (χ0n) is 17.6. The molecule has 162 valence electrons. The molecule has 0 atom stereocenters. The second kappa shape index (κ2) is 8.46. The van der Waals surface area contributed by atoms with Crippen LogP contribution in [-0.4, -0.2) is 35.9 Å². The largest absolute Gasteiger partial charge is 0.322 e. The Hall–Kier alpha value is -4.66. The maximum atomic E-state index is 14.3. The molecule has 0 spiro atoms. The lowest BCUT2D eigenvalue weighted by atomic mass is 10.1. The third-order valence-corrected chi connectivity index (χ3v) is 5.12. The first-order valence-corrected chi connectivity index (χ1v) is 10.2. The first kappa shape index (κ1) is 20.3. The number of nitrogens with one attached hydrogen (secondary N) is 1. The topological polar surface area (TPSA) is 90.5 Å². The molecule has 5 rings (SSSR count). The molecule has 0 unspecified atom stereocenters. The van der Waals surface area contributed by atoms with Crippen molar-refractivity contribution in [3.63, 3.8) is 0 Å². The molecule has 2 aromatic heterocycles. The number of tetrazole rings is 1. The lowest BCUT2D eigenvalue weighted by molar-refractivity contribution is 0.102. The van der Waals surface area contributed by atoms with Gasteiger partial charge in [0.1, 0.15) is 11.5 Å². The molecule has 0 aliphatic rings. The van der Waals surface area contributed by atoms with Crippen molar-refractivity contribution in [1.82, 2.24) is 30.0 Å². The summed E-state index contributed by atoms with van der Waals surface area (Å²) in [4.78, 5) is 13.0. The number of rotatable bonds is 5. The first-order valence-electron chi connectivity index (χ1n) is 10.2. The Balaban J connectivity index is 1.43. The molecule has 0 saturated heterocycles. The molecule has 33 heavy (non-hydrogen) atoms. The van der Waals surface area contributed by atoms with Crippen molar-refractivity contribution in [2.45, 2.75) is 6.92 Å². The van der Waals surface area contributed by atoms with Gasteiger partial charge in [0, 0.05) is 16.8 Å². The minimum atomic E-state index is -0.502. The predicted octanol–water partition coefficient (Wildman–Crippen LogP) is 4.21. The van der Waals surface area contributed by atoms with Gasteiger partial charge < -0.3 is 5.32 Å². The highest BCUT2D eigenvalue weighted by Crippen LogP contribution is 2.23. The fourth-order valence-electron chi connectivity index (χ4n) is 3.53. The lowest BCUT2D eigenvalue weighted by Gasteiger charge is -2.11. The third kappa shape index (κ3) is 3.99.